The summed E-state index contributed by atoms with van der Waals surface area (Å²) in [5.74, 6) is -1.31. The summed E-state index contributed by atoms with van der Waals surface area (Å²) in [6.45, 7) is 1.91. The van der Waals surface area contributed by atoms with Gasteiger partial charge in [-0.2, -0.15) is 0 Å². The van der Waals surface area contributed by atoms with Gasteiger partial charge in [-0.25, -0.2) is 9.07 Å². The number of aromatic nitrogens is 3. The van der Waals surface area contributed by atoms with Crippen molar-refractivity contribution < 1.29 is 18.7 Å². The number of amides is 2. The Labute approximate surface area is 194 Å². The highest BCUT2D eigenvalue weighted by atomic mass is 35.5. The van der Waals surface area contributed by atoms with Crippen molar-refractivity contribution in [2.75, 3.05) is 26.2 Å². The number of ether oxygens (including phenoxy) is 1. The third-order valence-electron chi connectivity index (χ3n) is 5.98. The van der Waals surface area contributed by atoms with E-state index in [1.54, 1.807) is 9.58 Å². The molecule has 10 heteroatoms. The van der Waals surface area contributed by atoms with Crippen molar-refractivity contribution >= 4 is 23.4 Å². The van der Waals surface area contributed by atoms with Crippen molar-refractivity contribution in [1.29, 1.82) is 0 Å². The van der Waals surface area contributed by atoms with Crippen LogP contribution in [-0.4, -0.2) is 62.8 Å². The molecule has 8 nitrogen and oxygen atoms in total. The Balaban J connectivity index is 1.24. The summed E-state index contributed by atoms with van der Waals surface area (Å²) >= 11 is 5.91. The van der Waals surface area contributed by atoms with Gasteiger partial charge in [0.25, 0.3) is 11.8 Å². The molecule has 3 heterocycles. The number of hydrogen-bond acceptors (Lipinski definition) is 5. The van der Waals surface area contributed by atoms with E-state index in [-0.39, 0.29) is 43.0 Å². The highest BCUT2D eigenvalue weighted by molar-refractivity contribution is 6.31. The zero-order valence-corrected chi connectivity index (χ0v) is 18.4. The van der Waals surface area contributed by atoms with Crippen molar-refractivity contribution in [3.63, 3.8) is 0 Å². The number of piperazine rings is 1. The van der Waals surface area contributed by atoms with Gasteiger partial charge in [0.1, 0.15) is 11.9 Å². The van der Waals surface area contributed by atoms with Gasteiger partial charge >= 0.3 is 0 Å². The van der Waals surface area contributed by atoms with Crippen LogP contribution in [-0.2, 0) is 17.9 Å². The van der Waals surface area contributed by atoms with Gasteiger partial charge in [0, 0.05) is 31.2 Å². The summed E-state index contributed by atoms with van der Waals surface area (Å²) in [6.07, 6.45) is -0.148. The van der Waals surface area contributed by atoms with E-state index in [4.69, 9.17) is 16.3 Å². The van der Waals surface area contributed by atoms with E-state index >= 15 is 0 Å². The zero-order valence-electron chi connectivity index (χ0n) is 17.7. The van der Waals surface area contributed by atoms with Crippen LogP contribution in [0, 0.1) is 5.82 Å². The fourth-order valence-electron chi connectivity index (χ4n) is 4.14. The minimum Gasteiger partial charge on any atom is -0.365 e. The first kappa shape index (κ1) is 21.5. The first-order chi connectivity index (χ1) is 16.0. The number of nitrogens with zero attached hydrogens (tertiary/aromatic N) is 5. The molecule has 1 atom stereocenters. The second-order valence-corrected chi connectivity index (χ2v) is 8.42. The number of fused-ring (bicyclic) bond motifs is 1. The molecule has 2 aliphatic rings. The van der Waals surface area contributed by atoms with Crippen molar-refractivity contribution in [2.24, 2.45) is 0 Å². The molecule has 1 aromatic heterocycles. The topological polar surface area (TPSA) is 80.6 Å². The van der Waals surface area contributed by atoms with E-state index in [2.05, 4.69) is 10.3 Å². The summed E-state index contributed by atoms with van der Waals surface area (Å²) in [5.41, 5.74) is 1.89. The summed E-state index contributed by atoms with van der Waals surface area (Å²) in [7, 11) is 0. The standard InChI is InChI=1S/C23H21ClFN5O3/c24-16-6-7-18(25)17(12-16)22(31)28-8-10-29(11-9-28)23(32)21-19-14-33-20(13-30(19)27-26-21)15-4-2-1-3-5-15/h1-7,12,20H,8-11,13-14H2/t20-/m0/s1. The summed E-state index contributed by atoms with van der Waals surface area (Å²) in [4.78, 5) is 29.0. The smallest absolute Gasteiger partial charge is 0.276 e. The largest absolute Gasteiger partial charge is 0.365 e. The van der Waals surface area contributed by atoms with E-state index in [1.165, 1.54) is 23.1 Å². The lowest BCUT2D eigenvalue weighted by molar-refractivity contribution is -0.00202. The molecule has 0 bridgehead atoms. The Morgan fingerprint density at radius 2 is 1.70 bits per heavy atom. The van der Waals surface area contributed by atoms with Crippen LogP contribution in [0.25, 0.3) is 0 Å². The first-order valence-electron chi connectivity index (χ1n) is 10.6. The molecule has 33 heavy (non-hydrogen) atoms. The summed E-state index contributed by atoms with van der Waals surface area (Å²) < 4.78 is 21.8. The monoisotopic (exact) mass is 469 g/mol. The van der Waals surface area contributed by atoms with Gasteiger partial charge in [-0.15, -0.1) is 5.10 Å². The molecule has 3 aromatic rings. The van der Waals surface area contributed by atoms with Crippen LogP contribution in [0.5, 0.6) is 0 Å². The van der Waals surface area contributed by atoms with Crippen LogP contribution in [0.2, 0.25) is 5.02 Å². The molecule has 0 unspecified atom stereocenters. The van der Waals surface area contributed by atoms with Crippen LogP contribution < -0.4 is 0 Å². The lowest BCUT2D eigenvalue weighted by Gasteiger charge is -2.34. The maximum atomic E-state index is 14.1. The number of hydrogen-bond donors (Lipinski definition) is 0. The highest BCUT2D eigenvalue weighted by Crippen LogP contribution is 2.27. The molecule has 0 N–H and O–H groups in total. The van der Waals surface area contributed by atoms with Crippen molar-refractivity contribution in [3.05, 3.63) is 81.9 Å². The maximum absolute atomic E-state index is 14.1. The molecule has 2 aliphatic heterocycles. The molecule has 5 rings (SSSR count). The molecule has 0 spiro atoms. The molecule has 1 fully saturated rings. The molecule has 2 amide bonds. The van der Waals surface area contributed by atoms with Crippen LogP contribution in [0.3, 0.4) is 0 Å². The van der Waals surface area contributed by atoms with Crippen LogP contribution >= 0.6 is 11.6 Å². The quantitative estimate of drug-likeness (QED) is 0.589. The number of halogens is 2. The van der Waals surface area contributed by atoms with Gasteiger partial charge in [0.2, 0.25) is 0 Å². The van der Waals surface area contributed by atoms with Crippen LogP contribution in [0.15, 0.2) is 48.5 Å². The summed E-state index contributed by atoms with van der Waals surface area (Å²) in [5, 5.41) is 8.58. The predicted octanol–water partition coefficient (Wildman–Crippen LogP) is 2.94. The Morgan fingerprint density at radius 3 is 2.42 bits per heavy atom. The maximum Gasteiger partial charge on any atom is 0.276 e. The molecule has 0 saturated carbocycles. The van der Waals surface area contributed by atoms with Crippen molar-refractivity contribution in [2.45, 2.75) is 19.3 Å². The van der Waals surface area contributed by atoms with Gasteiger partial charge in [0.15, 0.2) is 5.69 Å². The third kappa shape index (κ3) is 4.21. The fourth-order valence-corrected chi connectivity index (χ4v) is 4.31. The summed E-state index contributed by atoms with van der Waals surface area (Å²) in [6, 6.07) is 13.7. The Hall–Kier alpha value is -3.30. The van der Waals surface area contributed by atoms with Crippen molar-refractivity contribution in [1.82, 2.24) is 24.8 Å². The van der Waals surface area contributed by atoms with E-state index in [0.29, 0.717) is 30.4 Å². The lowest BCUT2D eigenvalue weighted by Crippen LogP contribution is -2.51. The molecule has 2 aromatic carbocycles. The SMILES string of the molecule is O=C(c1cc(Cl)ccc1F)N1CCN(C(=O)c2nnn3c2CO[C@H](c2ccccc2)C3)CC1. The minimum absolute atomic E-state index is 0.0697. The Bertz CT molecular complexity index is 1190. The van der Waals surface area contributed by atoms with Crippen molar-refractivity contribution in [3.8, 4) is 0 Å². The van der Waals surface area contributed by atoms with Crippen LogP contribution in [0.1, 0.15) is 38.2 Å². The Morgan fingerprint density at radius 1 is 1.00 bits per heavy atom. The van der Waals surface area contributed by atoms with E-state index in [0.717, 1.165) is 5.56 Å². The predicted molar refractivity (Wildman–Crippen MR) is 117 cm³/mol. The van der Waals surface area contributed by atoms with Crippen LogP contribution in [0.4, 0.5) is 4.39 Å². The molecule has 0 aliphatic carbocycles. The number of benzene rings is 2. The molecule has 0 radical (unpaired) electrons. The molecule has 170 valence electrons. The number of carbonyl (C=O) groups is 2. The van der Waals surface area contributed by atoms with Gasteiger partial charge in [-0.1, -0.05) is 47.1 Å². The molecular formula is C23H21ClFN5O3. The second kappa shape index (κ2) is 8.92. The van der Waals surface area contributed by atoms with E-state index < -0.39 is 11.7 Å². The van der Waals surface area contributed by atoms with Gasteiger partial charge in [0.05, 0.1) is 24.4 Å². The van der Waals surface area contributed by atoms with Gasteiger partial charge < -0.3 is 14.5 Å². The normalized spacial score (nSPS) is 18.2. The average Bonchev–Trinajstić information content (AvgIpc) is 3.28. The Kier molecular flexibility index (Phi) is 5.82. The van der Waals surface area contributed by atoms with Gasteiger partial charge in [-0.05, 0) is 23.8 Å². The third-order valence-corrected chi connectivity index (χ3v) is 6.22. The molecule has 1 saturated heterocycles. The minimum atomic E-state index is -0.618. The van der Waals surface area contributed by atoms with E-state index in [9.17, 15) is 14.0 Å². The fraction of sp³-hybridized carbons (Fsp3) is 0.304. The highest BCUT2D eigenvalue weighted by Gasteiger charge is 2.32. The number of rotatable bonds is 3. The second-order valence-electron chi connectivity index (χ2n) is 7.99. The molecular weight excluding hydrogens is 449 g/mol. The lowest BCUT2D eigenvalue weighted by atomic mass is 10.1. The number of carbonyl (C=O) groups excluding carboxylic acids is 2. The first-order valence-corrected chi connectivity index (χ1v) is 11.0. The van der Waals surface area contributed by atoms with E-state index in [1.807, 2.05) is 30.3 Å². The zero-order chi connectivity index (χ0) is 22.9. The average molecular weight is 470 g/mol. The van der Waals surface area contributed by atoms with Gasteiger partial charge in [-0.3, -0.25) is 9.59 Å².